The zero-order valence-corrected chi connectivity index (χ0v) is 62.7. The minimum absolute atomic E-state index is 0.00277. The lowest BCUT2D eigenvalue weighted by atomic mass is 9.74. The van der Waals surface area contributed by atoms with Crippen LogP contribution >= 0.6 is 0 Å². The van der Waals surface area contributed by atoms with Crippen molar-refractivity contribution in [3.05, 3.63) is 12.2 Å². The topological polar surface area (TPSA) is 279 Å². The maximum absolute atomic E-state index is 15.4. The summed E-state index contributed by atoms with van der Waals surface area (Å²) in [6, 6.07) is -11.3. The maximum Gasteiger partial charge on any atom is 0.397 e. The molecule has 3 N–H and O–H groups in total. The Morgan fingerprint density at radius 2 is 1.27 bits per heavy atom. The molecule has 3 aliphatic heterocycles. The van der Waals surface area contributed by atoms with Gasteiger partial charge in [-0.15, -0.1) is 0 Å². The van der Waals surface area contributed by atoms with Crippen LogP contribution in [0.1, 0.15) is 162 Å². The number of carbonyl (C=O) groups is 12. The van der Waals surface area contributed by atoms with Crippen molar-refractivity contribution in [1.29, 1.82) is 0 Å². The van der Waals surface area contributed by atoms with Crippen LogP contribution in [0.3, 0.4) is 0 Å². The molecule has 2 bridgehead atoms. The minimum atomic E-state index is -5.22. The van der Waals surface area contributed by atoms with Gasteiger partial charge in [0.2, 0.25) is 70.9 Å². The lowest BCUT2D eigenvalue weighted by Crippen LogP contribution is -2.68. The van der Waals surface area contributed by atoms with Gasteiger partial charge in [0, 0.05) is 83.0 Å². The monoisotopic (exact) mass is 1500 g/mol. The fraction of sp³-hybridized carbons (Fsp3) is 0.806. The summed E-state index contributed by atoms with van der Waals surface area (Å²) in [6.45, 7) is 3.09. The number of alkyl halides is 8. The number of likely N-dealkylation sites (N-methyl/N-ethyl adjacent to an activating group) is 7. The number of fused-ring (bicyclic) bond motifs is 3. The van der Waals surface area contributed by atoms with Crippen molar-refractivity contribution in [3.8, 4) is 0 Å². The van der Waals surface area contributed by atoms with Crippen LogP contribution in [0.5, 0.6) is 0 Å². The molecule has 2 unspecified atom stereocenters. The first kappa shape index (κ1) is 85.0. The highest BCUT2D eigenvalue weighted by atomic mass is 19.4. The molecule has 25 nitrogen and oxygen atoms in total. The van der Waals surface area contributed by atoms with Gasteiger partial charge in [-0.25, -0.2) is 8.78 Å². The van der Waals surface area contributed by atoms with Crippen LogP contribution in [-0.4, -0.2) is 289 Å². The molecule has 0 aromatic carbocycles. The molecular formula is C72H110F8N12O13. The first-order chi connectivity index (χ1) is 49.2. The van der Waals surface area contributed by atoms with Gasteiger partial charge in [-0.2, -0.15) is 26.3 Å². The van der Waals surface area contributed by atoms with E-state index in [9.17, 15) is 55.1 Å². The van der Waals surface area contributed by atoms with Crippen LogP contribution in [0.2, 0.25) is 0 Å². The number of hydrogen-bond donors (Lipinski definition) is 3. The summed E-state index contributed by atoms with van der Waals surface area (Å²) >= 11 is 0. The van der Waals surface area contributed by atoms with Gasteiger partial charge in [0.15, 0.2) is 0 Å². The number of methoxy groups -OCH3 is 1. The summed E-state index contributed by atoms with van der Waals surface area (Å²) in [5.74, 6) is -16.9. The first-order valence-electron chi connectivity index (χ1n) is 37.1. The van der Waals surface area contributed by atoms with Crippen LogP contribution in [0.4, 0.5) is 35.1 Å². The quantitative estimate of drug-likeness (QED) is 0.175. The molecule has 7 rings (SSSR count). The van der Waals surface area contributed by atoms with Crippen LogP contribution in [0, 0.1) is 35.5 Å². The molecular weight excluding hydrogens is 1390 g/mol. The average molecular weight is 1500 g/mol. The summed E-state index contributed by atoms with van der Waals surface area (Å²) in [5.41, 5.74) is -1.69. The number of carbonyl (C=O) groups excluding carboxylic acids is 12. The molecule has 4 saturated carbocycles. The van der Waals surface area contributed by atoms with Crippen molar-refractivity contribution in [3.63, 3.8) is 0 Å². The molecule has 12 atom stereocenters. The van der Waals surface area contributed by atoms with Crippen molar-refractivity contribution < 1.29 is 97.4 Å². The van der Waals surface area contributed by atoms with E-state index in [4.69, 9.17) is 4.74 Å². The number of ether oxygens (including phenoxy) is 1. The van der Waals surface area contributed by atoms with Gasteiger partial charge in [0.05, 0.1) is 31.5 Å². The van der Waals surface area contributed by atoms with Crippen molar-refractivity contribution in [2.75, 3.05) is 89.7 Å². The van der Waals surface area contributed by atoms with Crippen molar-refractivity contribution in [2.45, 2.75) is 247 Å². The Morgan fingerprint density at radius 3 is 1.82 bits per heavy atom. The van der Waals surface area contributed by atoms with E-state index in [0.29, 0.717) is 38.5 Å². The van der Waals surface area contributed by atoms with E-state index in [1.54, 1.807) is 32.9 Å². The van der Waals surface area contributed by atoms with Gasteiger partial charge in [0.25, 0.3) is 0 Å². The van der Waals surface area contributed by atoms with Crippen LogP contribution in [0.25, 0.3) is 0 Å². The Kier molecular flexibility index (Phi) is 29.3. The van der Waals surface area contributed by atoms with E-state index in [2.05, 4.69) is 16.0 Å². The van der Waals surface area contributed by atoms with E-state index in [1.807, 2.05) is 0 Å². The first-order valence-corrected chi connectivity index (χ1v) is 37.1. The Balaban J connectivity index is 1.31. The highest BCUT2D eigenvalue weighted by Crippen LogP contribution is 2.46. The Morgan fingerprint density at radius 1 is 0.648 bits per heavy atom. The average Bonchev–Trinajstić information content (AvgIpc) is 1.67. The smallest absolute Gasteiger partial charge is 0.380 e. The second kappa shape index (κ2) is 36.1. The third-order valence-corrected chi connectivity index (χ3v) is 23.5. The third kappa shape index (κ3) is 20.1. The summed E-state index contributed by atoms with van der Waals surface area (Å²) < 4.78 is 121. The van der Waals surface area contributed by atoms with E-state index in [-0.39, 0.29) is 90.1 Å². The number of amides is 12. The lowest BCUT2D eigenvalue weighted by molar-refractivity contribution is -0.219. The van der Waals surface area contributed by atoms with Crippen molar-refractivity contribution >= 4 is 70.9 Å². The fourth-order valence-corrected chi connectivity index (χ4v) is 16.6. The molecule has 0 radical (unpaired) electrons. The molecule has 4 aliphatic carbocycles. The summed E-state index contributed by atoms with van der Waals surface area (Å²) in [7, 11) is 12.1. The van der Waals surface area contributed by atoms with E-state index in [1.165, 1.54) is 78.2 Å². The Labute approximate surface area is 610 Å². The van der Waals surface area contributed by atoms with E-state index >= 15 is 37.5 Å². The molecule has 0 aromatic heterocycles. The Bertz CT molecular complexity index is 3150. The zero-order valence-electron chi connectivity index (χ0n) is 62.7. The van der Waals surface area contributed by atoms with E-state index in [0.717, 1.165) is 29.4 Å². The predicted octanol–water partition coefficient (Wildman–Crippen LogP) is 5.32. The van der Waals surface area contributed by atoms with Crippen LogP contribution in [-0.2, 0) is 62.3 Å². The highest BCUT2D eigenvalue weighted by molar-refractivity contribution is 6.01. The molecule has 3 heterocycles. The third-order valence-electron chi connectivity index (χ3n) is 23.5. The number of nitrogens with one attached hydrogen (secondary N) is 3. The molecule has 105 heavy (non-hydrogen) atoms. The van der Waals surface area contributed by atoms with Crippen molar-refractivity contribution in [1.82, 2.24) is 60.0 Å². The van der Waals surface area contributed by atoms with Gasteiger partial charge in [0.1, 0.15) is 72.1 Å². The van der Waals surface area contributed by atoms with Crippen LogP contribution < -0.4 is 16.0 Å². The number of halogens is 8. The molecule has 592 valence electrons. The van der Waals surface area contributed by atoms with Crippen LogP contribution in [0.15, 0.2) is 12.2 Å². The highest BCUT2D eigenvalue weighted by Gasteiger charge is 2.56. The lowest BCUT2D eigenvalue weighted by Gasteiger charge is -2.46. The summed E-state index contributed by atoms with van der Waals surface area (Å²) in [4.78, 5) is 190. The number of hydrogen-bond acceptors (Lipinski definition) is 13. The molecule has 2 saturated heterocycles. The molecule has 12 amide bonds. The van der Waals surface area contributed by atoms with Gasteiger partial charge >= 0.3 is 12.4 Å². The largest absolute Gasteiger partial charge is 0.397 e. The fourth-order valence-electron chi connectivity index (χ4n) is 16.6. The normalized spacial score (nSPS) is 32.5. The van der Waals surface area contributed by atoms with Gasteiger partial charge in [-0.05, 0) is 133 Å². The number of nitrogens with zero attached hydrogens (tertiary/aromatic N) is 9. The SMILES string of the molecule is CC[C@H](C)[C@@H]1NC(=O)[C@H](CC)N(C)C(=O)C[C@@H](C(=O)N(C)C)N(C)C(=O)[C@H](C2CCCC2)N(C)C(=O)C2(CCC2)NC(=O)[C@@H]2C[C@H](OC)CN2C(=O)[C@H](CCC2CC(F)C(C(F)(F)F)C(F)C2)NC(=O)CN(C)C(=O)[C@H](CC2CCC(C(F)(F)F)CC2)N2CC/C=C\C[C@@H](C2=O)N(C)C(=O)CN(C)C1=O. The molecule has 1 spiro atoms. The zero-order chi connectivity index (χ0) is 78.1. The minimum Gasteiger partial charge on any atom is -0.380 e. The van der Waals surface area contributed by atoms with Gasteiger partial charge < -0.3 is 64.8 Å². The summed E-state index contributed by atoms with van der Waals surface area (Å²) in [5, 5.41) is 8.30. The second-order valence-corrected chi connectivity index (χ2v) is 30.7. The molecule has 6 fully saturated rings. The maximum atomic E-state index is 15.4. The predicted molar refractivity (Wildman–Crippen MR) is 367 cm³/mol. The number of rotatable bonds is 11. The Hall–Kier alpha value is -7.22. The second-order valence-electron chi connectivity index (χ2n) is 30.7. The molecule has 33 heteroatoms. The van der Waals surface area contributed by atoms with Gasteiger partial charge in [-0.3, -0.25) is 57.5 Å². The molecule has 7 aliphatic rings. The summed E-state index contributed by atoms with van der Waals surface area (Å²) in [6.07, 6.45) is -13.3. The molecule has 0 aromatic rings. The van der Waals surface area contributed by atoms with Crippen molar-refractivity contribution in [2.24, 2.45) is 35.5 Å². The van der Waals surface area contributed by atoms with Gasteiger partial charge in [-0.1, -0.05) is 52.2 Å². The van der Waals surface area contributed by atoms with E-state index < -0.39 is 230 Å². The standard InChI is InChI=1S/C72H110F8N12O13/c1-13-41(3)59-67(102)86(7)40-57(95)88(9)51-23-16-15-19-32-91(66(51)101)54(35-42-24-27-45(28-25-42)71(75,76)77)65(100)85(6)39-55(93)81-49(29-26-43-33-47(73)58(48(74)34-43)72(78,79)80)63(98)92-38-46(105-12)36-52(92)62(97)83-70(30-20-31-70)69(104)90(11)60(44-21-17-18-22-44)68(103)89(10)53(64(99)84(4)5)37-56(94)87(8)50(14-2)61(96)82-59/h15-16,41-54,58-60H,13-14,17-40H2,1-12H3,(H,81,93)(H,82,96)(H,83,97)/b16-15-/t41-,42?,43?,45?,46-,47?,48?,49-,50-,51-,52-,53-,54-,58?,59-,60-/m0/s1.